The van der Waals surface area contributed by atoms with Crippen molar-refractivity contribution in [3.8, 4) is 0 Å². The minimum Gasteiger partial charge on any atom is -0.294 e. The summed E-state index contributed by atoms with van der Waals surface area (Å²) < 4.78 is 37.6. The van der Waals surface area contributed by atoms with Crippen LogP contribution in [0.25, 0.3) is 0 Å². The van der Waals surface area contributed by atoms with Gasteiger partial charge in [0, 0.05) is 16.0 Å². The first-order valence-corrected chi connectivity index (χ1v) is 5.43. The van der Waals surface area contributed by atoms with Crippen LogP contribution in [0.3, 0.4) is 0 Å². The molecule has 1 aromatic carbocycles. The number of carbonyl (C=O) groups is 1. The molecule has 1 rings (SSSR count). The standard InChI is InChI=1S/C11H10BrF3O/c1-6(2)10(16)7-3-4-9(12)8(5-7)11(13,14)15/h3-6H,1-2H3. The molecule has 0 spiro atoms. The molecule has 0 aromatic heterocycles. The van der Waals surface area contributed by atoms with Gasteiger partial charge < -0.3 is 0 Å². The lowest BCUT2D eigenvalue weighted by molar-refractivity contribution is -0.138. The maximum absolute atomic E-state index is 12.6. The molecule has 0 N–H and O–H groups in total. The zero-order valence-corrected chi connectivity index (χ0v) is 10.3. The van der Waals surface area contributed by atoms with E-state index in [9.17, 15) is 18.0 Å². The van der Waals surface area contributed by atoms with Crippen molar-refractivity contribution in [3.63, 3.8) is 0 Å². The Kier molecular flexibility index (Phi) is 3.78. The number of halogens is 4. The van der Waals surface area contributed by atoms with E-state index in [4.69, 9.17) is 0 Å². The molecule has 0 aliphatic carbocycles. The summed E-state index contributed by atoms with van der Waals surface area (Å²) in [6.07, 6.45) is -4.45. The van der Waals surface area contributed by atoms with Crippen LogP contribution in [0.5, 0.6) is 0 Å². The Bertz CT molecular complexity index is 410. The Morgan fingerprint density at radius 3 is 2.31 bits per heavy atom. The van der Waals surface area contributed by atoms with E-state index in [-0.39, 0.29) is 21.7 Å². The highest BCUT2D eigenvalue weighted by atomic mass is 79.9. The molecule has 0 saturated heterocycles. The van der Waals surface area contributed by atoms with Crippen LogP contribution in [-0.2, 0) is 6.18 Å². The molecule has 0 fully saturated rings. The molecule has 88 valence electrons. The third-order valence-corrected chi connectivity index (χ3v) is 2.77. The lowest BCUT2D eigenvalue weighted by Crippen LogP contribution is -2.11. The zero-order valence-electron chi connectivity index (χ0n) is 8.73. The van der Waals surface area contributed by atoms with Crippen LogP contribution in [0.4, 0.5) is 13.2 Å². The summed E-state index contributed by atoms with van der Waals surface area (Å²) in [5.41, 5.74) is -0.732. The quantitative estimate of drug-likeness (QED) is 0.743. The summed E-state index contributed by atoms with van der Waals surface area (Å²) in [5, 5.41) is 0. The minimum absolute atomic E-state index is 0.0553. The van der Waals surface area contributed by atoms with Gasteiger partial charge in [0.15, 0.2) is 5.78 Å². The second-order valence-corrected chi connectivity index (χ2v) is 4.57. The second-order valence-electron chi connectivity index (χ2n) is 3.71. The summed E-state index contributed by atoms with van der Waals surface area (Å²) in [6.45, 7) is 3.30. The molecule has 0 heterocycles. The highest BCUT2D eigenvalue weighted by Gasteiger charge is 2.33. The number of ketones is 1. The van der Waals surface area contributed by atoms with Gasteiger partial charge in [0.2, 0.25) is 0 Å². The molecule has 1 nitrogen and oxygen atoms in total. The largest absolute Gasteiger partial charge is 0.417 e. The van der Waals surface area contributed by atoms with Crippen molar-refractivity contribution in [2.24, 2.45) is 5.92 Å². The number of hydrogen-bond acceptors (Lipinski definition) is 1. The normalized spacial score (nSPS) is 11.9. The van der Waals surface area contributed by atoms with Crippen molar-refractivity contribution >= 4 is 21.7 Å². The van der Waals surface area contributed by atoms with Crippen molar-refractivity contribution in [2.75, 3.05) is 0 Å². The minimum atomic E-state index is -4.45. The van der Waals surface area contributed by atoms with Gasteiger partial charge in [-0.3, -0.25) is 4.79 Å². The molecule has 0 radical (unpaired) electrons. The number of Topliss-reactive ketones (excluding diaryl/α,β-unsaturated/α-hetero) is 1. The predicted molar refractivity (Wildman–Crippen MR) is 58.3 cm³/mol. The molecule has 0 atom stereocenters. The van der Waals surface area contributed by atoms with Gasteiger partial charge in [-0.2, -0.15) is 13.2 Å². The van der Waals surface area contributed by atoms with Gasteiger partial charge in [-0.1, -0.05) is 35.8 Å². The second kappa shape index (κ2) is 4.57. The number of hydrogen-bond donors (Lipinski definition) is 0. The van der Waals surface area contributed by atoms with Crippen LogP contribution in [0, 0.1) is 5.92 Å². The predicted octanol–water partition coefficient (Wildman–Crippen LogP) is 4.31. The van der Waals surface area contributed by atoms with Crippen molar-refractivity contribution in [2.45, 2.75) is 20.0 Å². The van der Waals surface area contributed by atoms with Gasteiger partial charge >= 0.3 is 6.18 Å². The fraction of sp³-hybridized carbons (Fsp3) is 0.364. The molecule has 0 bridgehead atoms. The van der Waals surface area contributed by atoms with Gasteiger partial charge in [0.1, 0.15) is 0 Å². The first-order chi connectivity index (χ1) is 7.23. The van der Waals surface area contributed by atoms with E-state index >= 15 is 0 Å². The first-order valence-electron chi connectivity index (χ1n) is 4.64. The lowest BCUT2D eigenvalue weighted by atomic mass is 9.99. The Balaban J connectivity index is 3.23. The average Bonchev–Trinajstić information content (AvgIpc) is 2.15. The summed E-state index contributed by atoms with van der Waals surface area (Å²) in [4.78, 5) is 11.6. The van der Waals surface area contributed by atoms with Crippen LogP contribution in [-0.4, -0.2) is 5.78 Å². The topological polar surface area (TPSA) is 17.1 Å². The molecule has 0 aliphatic heterocycles. The highest BCUT2D eigenvalue weighted by molar-refractivity contribution is 9.10. The fourth-order valence-electron chi connectivity index (χ4n) is 1.23. The van der Waals surface area contributed by atoms with Gasteiger partial charge in [0.25, 0.3) is 0 Å². The maximum Gasteiger partial charge on any atom is 0.417 e. The van der Waals surface area contributed by atoms with Crippen LogP contribution in [0.15, 0.2) is 22.7 Å². The summed E-state index contributed by atoms with van der Waals surface area (Å²) in [6, 6.07) is 3.52. The molecule has 0 unspecified atom stereocenters. The maximum atomic E-state index is 12.6. The van der Waals surface area contributed by atoms with E-state index in [0.717, 1.165) is 6.07 Å². The van der Waals surface area contributed by atoms with Crippen LogP contribution < -0.4 is 0 Å². The number of benzene rings is 1. The van der Waals surface area contributed by atoms with Gasteiger partial charge in [-0.05, 0) is 12.1 Å². The van der Waals surface area contributed by atoms with E-state index in [2.05, 4.69) is 15.9 Å². The van der Waals surface area contributed by atoms with E-state index in [1.807, 2.05) is 0 Å². The molecule has 5 heteroatoms. The average molecular weight is 295 g/mol. The molecule has 16 heavy (non-hydrogen) atoms. The summed E-state index contributed by atoms with van der Waals surface area (Å²) in [7, 11) is 0. The van der Waals surface area contributed by atoms with E-state index in [1.54, 1.807) is 13.8 Å². The van der Waals surface area contributed by atoms with Gasteiger partial charge in [-0.15, -0.1) is 0 Å². The molecule has 0 aliphatic rings. The smallest absolute Gasteiger partial charge is 0.294 e. The van der Waals surface area contributed by atoms with Crippen LogP contribution in [0.1, 0.15) is 29.8 Å². The number of carbonyl (C=O) groups excluding carboxylic acids is 1. The molecule has 1 aromatic rings. The Morgan fingerprint density at radius 2 is 1.88 bits per heavy atom. The van der Waals surface area contributed by atoms with E-state index in [0.29, 0.717) is 0 Å². The van der Waals surface area contributed by atoms with Crippen molar-refractivity contribution in [1.29, 1.82) is 0 Å². The zero-order chi connectivity index (χ0) is 12.5. The highest BCUT2D eigenvalue weighted by Crippen LogP contribution is 2.35. The van der Waals surface area contributed by atoms with Crippen molar-refractivity contribution < 1.29 is 18.0 Å². The van der Waals surface area contributed by atoms with Crippen LogP contribution in [0.2, 0.25) is 0 Å². The number of alkyl halides is 3. The third-order valence-electron chi connectivity index (χ3n) is 2.08. The van der Waals surface area contributed by atoms with Gasteiger partial charge in [0.05, 0.1) is 5.56 Å². The number of rotatable bonds is 2. The molecule has 0 amide bonds. The molecular weight excluding hydrogens is 285 g/mol. The third kappa shape index (κ3) is 2.84. The fourth-order valence-corrected chi connectivity index (χ4v) is 1.70. The van der Waals surface area contributed by atoms with Gasteiger partial charge in [-0.25, -0.2) is 0 Å². The Hall–Kier alpha value is -0.840. The Morgan fingerprint density at radius 1 is 1.31 bits per heavy atom. The van der Waals surface area contributed by atoms with Crippen molar-refractivity contribution in [1.82, 2.24) is 0 Å². The summed E-state index contributed by atoms with van der Waals surface area (Å²) in [5.74, 6) is -0.611. The SMILES string of the molecule is CC(C)C(=O)c1ccc(Br)c(C(F)(F)F)c1. The summed E-state index contributed by atoms with van der Waals surface area (Å²) >= 11 is 2.82. The molecule has 0 saturated carbocycles. The first kappa shape index (κ1) is 13.2. The van der Waals surface area contributed by atoms with Crippen LogP contribution >= 0.6 is 15.9 Å². The monoisotopic (exact) mass is 294 g/mol. The van der Waals surface area contributed by atoms with Crippen molar-refractivity contribution in [3.05, 3.63) is 33.8 Å². The molecular formula is C11H10BrF3O. The Labute approximate surface area is 99.8 Å². The lowest BCUT2D eigenvalue weighted by Gasteiger charge is -2.11. The van der Waals surface area contributed by atoms with E-state index in [1.165, 1.54) is 12.1 Å². The van der Waals surface area contributed by atoms with E-state index < -0.39 is 11.7 Å².